The number of carbonyl (C=O) groups is 1. The first kappa shape index (κ1) is 14.9. The molecule has 2 rings (SSSR count). The second kappa shape index (κ2) is 6.81. The van der Waals surface area contributed by atoms with Crippen LogP contribution in [0.2, 0.25) is 0 Å². The highest BCUT2D eigenvalue weighted by molar-refractivity contribution is 7.13. The maximum absolute atomic E-state index is 13.7. The third kappa shape index (κ3) is 4.00. The minimum absolute atomic E-state index is 0.253. The molecule has 0 amide bonds. The van der Waals surface area contributed by atoms with E-state index in [1.54, 1.807) is 5.38 Å². The van der Waals surface area contributed by atoms with Crippen molar-refractivity contribution in [1.82, 2.24) is 4.98 Å². The number of hydrogen-bond donors (Lipinski definition) is 1. The van der Waals surface area contributed by atoms with Crippen molar-refractivity contribution in [3.05, 3.63) is 40.7 Å². The standard InChI is InChI=1S/C14H12FN3O2S/c1-20-13(19)5-3-10-8-21-14(17-10)18-12-4-2-9(7-16)6-11(12)15/h2,4,6,8H,3,5H2,1H3,(H,17,18). The molecule has 0 unspecified atom stereocenters. The Balaban J connectivity index is 2.02. The van der Waals surface area contributed by atoms with E-state index in [9.17, 15) is 9.18 Å². The topological polar surface area (TPSA) is 75.0 Å². The molecule has 0 aliphatic rings. The lowest BCUT2D eigenvalue weighted by Gasteiger charge is -2.04. The molecule has 1 heterocycles. The molecule has 2 aromatic rings. The molecule has 21 heavy (non-hydrogen) atoms. The molecule has 0 saturated heterocycles. The number of benzene rings is 1. The molecule has 0 aliphatic heterocycles. The van der Waals surface area contributed by atoms with Gasteiger partial charge in [-0.2, -0.15) is 5.26 Å². The number of aryl methyl sites for hydroxylation is 1. The molecule has 1 N–H and O–H groups in total. The Bertz CT molecular complexity index is 694. The summed E-state index contributed by atoms with van der Waals surface area (Å²) in [5, 5.41) is 13.9. The maximum Gasteiger partial charge on any atom is 0.305 e. The van der Waals surface area contributed by atoms with Crippen molar-refractivity contribution in [2.24, 2.45) is 0 Å². The fourth-order valence-corrected chi connectivity index (χ4v) is 2.37. The largest absolute Gasteiger partial charge is 0.469 e. The number of carbonyl (C=O) groups excluding carboxylic acids is 1. The van der Waals surface area contributed by atoms with Crippen LogP contribution in [0.3, 0.4) is 0 Å². The zero-order valence-electron chi connectivity index (χ0n) is 11.2. The molecule has 108 valence electrons. The minimum atomic E-state index is -0.514. The van der Waals surface area contributed by atoms with Gasteiger partial charge >= 0.3 is 5.97 Å². The number of nitriles is 1. The van der Waals surface area contributed by atoms with Gasteiger partial charge in [0, 0.05) is 11.8 Å². The normalized spacial score (nSPS) is 9.95. The van der Waals surface area contributed by atoms with Gasteiger partial charge in [0.25, 0.3) is 0 Å². The van der Waals surface area contributed by atoms with Crippen molar-refractivity contribution in [2.75, 3.05) is 12.4 Å². The van der Waals surface area contributed by atoms with Crippen molar-refractivity contribution in [2.45, 2.75) is 12.8 Å². The first-order chi connectivity index (χ1) is 10.1. The van der Waals surface area contributed by atoms with E-state index in [1.807, 2.05) is 6.07 Å². The number of rotatable bonds is 5. The van der Waals surface area contributed by atoms with Gasteiger partial charge < -0.3 is 10.1 Å². The Hall–Kier alpha value is -2.46. The molecule has 1 aromatic carbocycles. The Labute approximate surface area is 125 Å². The summed E-state index contributed by atoms with van der Waals surface area (Å²) in [6, 6.07) is 6.05. The van der Waals surface area contributed by atoms with Gasteiger partial charge in [-0.25, -0.2) is 9.37 Å². The highest BCUT2D eigenvalue weighted by Gasteiger charge is 2.08. The summed E-state index contributed by atoms with van der Waals surface area (Å²) in [6.45, 7) is 0. The Morgan fingerprint density at radius 3 is 3.05 bits per heavy atom. The van der Waals surface area contributed by atoms with Gasteiger partial charge in [0.05, 0.1) is 36.5 Å². The van der Waals surface area contributed by atoms with E-state index in [-0.39, 0.29) is 23.6 Å². The first-order valence-corrected chi connectivity index (χ1v) is 6.98. The van der Waals surface area contributed by atoms with Crippen LogP contribution in [0.4, 0.5) is 15.2 Å². The van der Waals surface area contributed by atoms with Crippen LogP contribution in [0.5, 0.6) is 0 Å². The highest BCUT2D eigenvalue weighted by Crippen LogP contribution is 2.24. The predicted octanol–water partition coefficient (Wildman–Crippen LogP) is 3.00. The van der Waals surface area contributed by atoms with Crippen LogP contribution >= 0.6 is 11.3 Å². The summed E-state index contributed by atoms with van der Waals surface area (Å²) in [7, 11) is 1.34. The smallest absolute Gasteiger partial charge is 0.305 e. The van der Waals surface area contributed by atoms with Crippen LogP contribution in [0.1, 0.15) is 17.7 Å². The van der Waals surface area contributed by atoms with Gasteiger partial charge in [0.2, 0.25) is 0 Å². The molecule has 7 heteroatoms. The summed E-state index contributed by atoms with van der Waals surface area (Å²) in [4.78, 5) is 15.3. The van der Waals surface area contributed by atoms with Crippen molar-refractivity contribution >= 4 is 28.1 Å². The quantitative estimate of drug-likeness (QED) is 0.859. The molecule has 1 aromatic heterocycles. The van der Waals surface area contributed by atoms with Crippen LogP contribution in [-0.2, 0) is 16.0 Å². The minimum Gasteiger partial charge on any atom is -0.469 e. The SMILES string of the molecule is COC(=O)CCc1csc(Nc2ccc(C#N)cc2F)n1. The summed E-state index contributed by atoms with van der Waals surface area (Å²) in [5.41, 5.74) is 1.25. The highest BCUT2D eigenvalue weighted by atomic mass is 32.1. The Morgan fingerprint density at radius 2 is 2.38 bits per heavy atom. The second-order valence-electron chi connectivity index (χ2n) is 4.15. The van der Waals surface area contributed by atoms with Gasteiger partial charge in [-0.15, -0.1) is 11.3 Å². The number of aromatic nitrogens is 1. The molecule has 0 aliphatic carbocycles. The number of hydrogen-bond acceptors (Lipinski definition) is 6. The van der Waals surface area contributed by atoms with Crippen molar-refractivity contribution in [3.63, 3.8) is 0 Å². The molecule has 0 bridgehead atoms. The van der Waals surface area contributed by atoms with E-state index in [2.05, 4.69) is 15.0 Å². The van der Waals surface area contributed by atoms with E-state index >= 15 is 0 Å². The maximum atomic E-state index is 13.7. The zero-order chi connectivity index (χ0) is 15.2. The van der Waals surface area contributed by atoms with E-state index in [4.69, 9.17) is 5.26 Å². The van der Waals surface area contributed by atoms with E-state index in [1.165, 1.54) is 30.6 Å². The lowest BCUT2D eigenvalue weighted by Crippen LogP contribution is -2.02. The van der Waals surface area contributed by atoms with Crippen LogP contribution < -0.4 is 5.32 Å². The van der Waals surface area contributed by atoms with Crippen LogP contribution in [0, 0.1) is 17.1 Å². The van der Waals surface area contributed by atoms with Crippen LogP contribution in [-0.4, -0.2) is 18.1 Å². The Kier molecular flexibility index (Phi) is 4.85. The van der Waals surface area contributed by atoms with Crippen LogP contribution in [0.25, 0.3) is 0 Å². The van der Waals surface area contributed by atoms with Gasteiger partial charge in [0.15, 0.2) is 5.13 Å². The number of methoxy groups -OCH3 is 1. The molecule has 0 saturated carbocycles. The van der Waals surface area contributed by atoms with E-state index in [0.717, 1.165) is 11.8 Å². The number of halogens is 1. The lowest BCUT2D eigenvalue weighted by molar-refractivity contribution is -0.140. The van der Waals surface area contributed by atoms with Crippen molar-refractivity contribution in [3.8, 4) is 6.07 Å². The van der Waals surface area contributed by atoms with Gasteiger partial charge in [-0.05, 0) is 18.2 Å². The summed E-state index contributed by atoms with van der Waals surface area (Å²) in [5.74, 6) is -0.809. The third-order valence-electron chi connectivity index (χ3n) is 2.70. The van der Waals surface area contributed by atoms with Crippen LogP contribution in [0.15, 0.2) is 23.6 Å². The number of nitrogens with zero attached hydrogens (tertiary/aromatic N) is 2. The summed E-state index contributed by atoms with van der Waals surface area (Å²) < 4.78 is 18.3. The van der Waals surface area contributed by atoms with Gasteiger partial charge in [0.1, 0.15) is 5.82 Å². The fourth-order valence-electron chi connectivity index (χ4n) is 1.61. The second-order valence-corrected chi connectivity index (χ2v) is 5.01. The van der Waals surface area contributed by atoms with Crippen molar-refractivity contribution in [1.29, 1.82) is 5.26 Å². The molecule has 5 nitrogen and oxygen atoms in total. The molecule has 0 atom stereocenters. The first-order valence-electron chi connectivity index (χ1n) is 6.10. The Morgan fingerprint density at radius 1 is 1.57 bits per heavy atom. The zero-order valence-corrected chi connectivity index (χ0v) is 12.0. The number of ether oxygens (including phenoxy) is 1. The number of esters is 1. The number of nitrogens with one attached hydrogen (secondary N) is 1. The summed E-state index contributed by atoms with van der Waals surface area (Å²) in [6.07, 6.45) is 0.728. The van der Waals surface area contributed by atoms with Crippen molar-refractivity contribution < 1.29 is 13.9 Å². The molecule has 0 spiro atoms. The summed E-state index contributed by atoms with van der Waals surface area (Å²) >= 11 is 1.32. The average molecular weight is 305 g/mol. The monoisotopic (exact) mass is 305 g/mol. The predicted molar refractivity (Wildman–Crippen MR) is 76.8 cm³/mol. The van der Waals surface area contributed by atoms with Gasteiger partial charge in [-0.1, -0.05) is 0 Å². The van der Waals surface area contributed by atoms with E-state index in [0.29, 0.717) is 11.6 Å². The molecular formula is C14H12FN3O2S. The number of thiazole rings is 1. The average Bonchev–Trinajstić information content (AvgIpc) is 2.94. The number of anilines is 2. The van der Waals surface area contributed by atoms with Gasteiger partial charge in [-0.3, -0.25) is 4.79 Å². The molecular weight excluding hydrogens is 293 g/mol. The van der Waals surface area contributed by atoms with E-state index < -0.39 is 5.82 Å². The molecule has 0 fully saturated rings. The lowest BCUT2D eigenvalue weighted by atomic mass is 10.2. The fraction of sp³-hybridized carbons (Fsp3) is 0.214. The molecule has 0 radical (unpaired) electrons. The third-order valence-corrected chi connectivity index (χ3v) is 3.51.